The molecule has 0 aromatic heterocycles. The Labute approximate surface area is 64.1 Å². The molecule has 1 fully saturated rings. The van der Waals surface area contributed by atoms with Crippen molar-refractivity contribution in [2.75, 3.05) is 0 Å². The number of hydrogen-bond acceptors (Lipinski definition) is 2. The highest BCUT2D eigenvalue weighted by atomic mass is 35.5. The third-order valence-electron chi connectivity index (χ3n) is 1.47. The predicted molar refractivity (Wildman–Crippen MR) is 36.2 cm³/mol. The summed E-state index contributed by atoms with van der Waals surface area (Å²) in [4.78, 5) is 21.6. The number of rotatable bonds is 0. The Kier molecular flexibility index (Phi) is 2.27. The van der Waals surface area contributed by atoms with Crippen molar-refractivity contribution in [1.29, 1.82) is 0 Å². The Morgan fingerprint density at radius 1 is 1.10 bits per heavy atom. The number of imide groups is 1. The number of halogens is 1. The van der Waals surface area contributed by atoms with Crippen molar-refractivity contribution < 1.29 is 9.59 Å². The molecular formula is C6H8ClNO2. The van der Waals surface area contributed by atoms with E-state index in [1.165, 1.54) is 0 Å². The standard InChI is InChI=1S/C6H8ClNO2/c7-8-5(9)3-1-2-4-6(8)10/h1-4H2. The first-order chi connectivity index (χ1) is 4.72. The lowest BCUT2D eigenvalue weighted by Crippen LogP contribution is -2.25. The second-order valence-electron chi connectivity index (χ2n) is 2.28. The van der Waals surface area contributed by atoms with Gasteiger partial charge < -0.3 is 0 Å². The van der Waals surface area contributed by atoms with Crippen LogP contribution in [0.4, 0.5) is 0 Å². The average molecular weight is 162 g/mol. The second kappa shape index (κ2) is 3.01. The highest BCUT2D eigenvalue weighted by molar-refractivity contribution is 6.30. The first-order valence-electron chi connectivity index (χ1n) is 3.23. The van der Waals surface area contributed by atoms with Crippen molar-refractivity contribution in [2.24, 2.45) is 0 Å². The first-order valence-corrected chi connectivity index (χ1v) is 3.57. The molecule has 1 rings (SSSR count). The molecule has 0 unspecified atom stereocenters. The lowest BCUT2D eigenvalue weighted by Gasteiger charge is -2.05. The third kappa shape index (κ3) is 1.48. The van der Waals surface area contributed by atoms with Crippen LogP contribution < -0.4 is 0 Å². The Hall–Kier alpha value is -0.570. The molecule has 0 spiro atoms. The van der Waals surface area contributed by atoms with E-state index in [0.717, 1.165) is 12.8 Å². The van der Waals surface area contributed by atoms with Crippen LogP contribution in [-0.4, -0.2) is 16.2 Å². The van der Waals surface area contributed by atoms with Crippen molar-refractivity contribution in [3.05, 3.63) is 0 Å². The zero-order valence-corrected chi connectivity index (χ0v) is 6.23. The van der Waals surface area contributed by atoms with Crippen LogP contribution in [-0.2, 0) is 9.59 Å². The maximum atomic E-state index is 10.8. The Morgan fingerprint density at radius 3 is 1.90 bits per heavy atom. The zero-order valence-electron chi connectivity index (χ0n) is 5.47. The molecule has 0 bridgehead atoms. The fraction of sp³-hybridized carbons (Fsp3) is 0.667. The van der Waals surface area contributed by atoms with Crippen LogP contribution in [0.2, 0.25) is 0 Å². The SMILES string of the molecule is O=C1CCCCC(=O)N1Cl. The quantitative estimate of drug-likeness (QED) is 0.394. The number of nitrogens with zero attached hydrogens (tertiary/aromatic N) is 1. The van der Waals surface area contributed by atoms with E-state index >= 15 is 0 Å². The van der Waals surface area contributed by atoms with Gasteiger partial charge in [-0.2, -0.15) is 4.42 Å². The van der Waals surface area contributed by atoms with Crippen LogP contribution in [0.25, 0.3) is 0 Å². The van der Waals surface area contributed by atoms with Gasteiger partial charge in [0.25, 0.3) is 0 Å². The van der Waals surface area contributed by atoms with Crippen LogP contribution in [0.1, 0.15) is 25.7 Å². The summed E-state index contributed by atoms with van der Waals surface area (Å²) in [5, 5.41) is 0. The van der Waals surface area contributed by atoms with Crippen LogP contribution in [0.15, 0.2) is 0 Å². The normalized spacial score (nSPS) is 21.1. The van der Waals surface area contributed by atoms with Gasteiger partial charge in [-0.25, -0.2) is 0 Å². The van der Waals surface area contributed by atoms with E-state index in [-0.39, 0.29) is 11.8 Å². The third-order valence-corrected chi connectivity index (χ3v) is 1.85. The summed E-state index contributed by atoms with van der Waals surface area (Å²) in [6, 6.07) is 0. The topological polar surface area (TPSA) is 37.4 Å². The Balaban J connectivity index is 2.64. The minimum atomic E-state index is -0.274. The van der Waals surface area contributed by atoms with Gasteiger partial charge >= 0.3 is 0 Å². The molecule has 1 saturated heterocycles. The summed E-state index contributed by atoms with van der Waals surface area (Å²) in [6.45, 7) is 0. The maximum Gasteiger partial charge on any atom is 0.244 e. The molecule has 0 atom stereocenters. The molecule has 0 aromatic carbocycles. The smallest absolute Gasteiger partial charge is 0.244 e. The van der Waals surface area contributed by atoms with Crippen molar-refractivity contribution in [2.45, 2.75) is 25.7 Å². The molecule has 2 amide bonds. The molecule has 1 aliphatic rings. The highest BCUT2D eigenvalue weighted by Crippen LogP contribution is 2.13. The molecular weight excluding hydrogens is 154 g/mol. The number of carbonyl (C=O) groups is 2. The van der Waals surface area contributed by atoms with Gasteiger partial charge in [-0.3, -0.25) is 9.59 Å². The van der Waals surface area contributed by atoms with E-state index in [0.29, 0.717) is 17.3 Å². The summed E-state index contributed by atoms with van der Waals surface area (Å²) in [5.74, 6) is -0.548. The fourth-order valence-electron chi connectivity index (χ4n) is 0.888. The molecule has 3 nitrogen and oxygen atoms in total. The average Bonchev–Trinajstić information content (AvgIpc) is 2.04. The number of carbonyl (C=O) groups excluding carboxylic acids is 2. The summed E-state index contributed by atoms with van der Waals surface area (Å²) in [5.41, 5.74) is 0. The molecule has 10 heavy (non-hydrogen) atoms. The summed E-state index contributed by atoms with van der Waals surface area (Å²) in [6.07, 6.45) is 2.34. The summed E-state index contributed by atoms with van der Waals surface area (Å²) < 4.78 is 0.701. The van der Waals surface area contributed by atoms with Crippen LogP contribution in [0.3, 0.4) is 0 Å². The molecule has 0 aliphatic carbocycles. The lowest BCUT2D eigenvalue weighted by molar-refractivity contribution is -0.137. The van der Waals surface area contributed by atoms with Gasteiger partial charge in [0.05, 0.1) is 0 Å². The van der Waals surface area contributed by atoms with E-state index < -0.39 is 0 Å². The minimum Gasteiger partial charge on any atom is -0.273 e. The maximum absolute atomic E-state index is 10.8. The molecule has 1 aliphatic heterocycles. The van der Waals surface area contributed by atoms with Crippen molar-refractivity contribution in [1.82, 2.24) is 4.42 Å². The lowest BCUT2D eigenvalue weighted by atomic mass is 10.2. The van der Waals surface area contributed by atoms with E-state index in [9.17, 15) is 9.59 Å². The molecule has 0 saturated carbocycles. The molecule has 1 heterocycles. The van der Waals surface area contributed by atoms with Crippen LogP contribution >= 0.6 is 11.8 Å². The van der Waals surface area contributed by atoms with Gasteiger partial charge in [0, 0.05) is 24.6 Å². The van der Waals surface area contributed by atoms with Gasteiger partial charge in [-0.15, -0.1) is 0 Å². The Bertz CT molecular complexity index is 151. The number of hydrogen-bond donors (Lipinski definition) is 0. The van der Waals surface area contributed by atoms with E-state index in [1.807, 2.05) is 0 Å². The minimum absolute atomic E-state index is 0.274. The van der Waals surface area contributed by atoms with E-state index in [1.54, 1.807) is 0 Å². The van der Waals surface area contributed by atoms with E-state index in [2.05, 4.69) is 0 Å². The molecule has 0 aromatic rings. The molecule has 56 valence electrons. The van der Waals surface area contributed by atoms with Crippen LogP contribution in [0, 0.1) is 0 Å². The largest absolute Gasteiger partial charge is 0.273 e. The molecule has 0 N–H and O–H groups in total. The predicted octanol–water partition coefficient (Wildman–Crippen LogP) is 1.07. The second-order valence-corrected chi connectivity index (χ2v) is 2.61. The van der Waals surface area contributed by atoms with Gasteiger partial charge in [0.1, 0.15) is 0 Å². The fourth-order valence-corrected chi connectivity index (χ4v) is 1.06. The molecule has 0 radical (unpaired) electrons. The zero-order chi connectivity index (χ0) is 7.56. The summed E-state index contributed by atoms with van der Waals surface area (Å²) >= 11 is 5.36. The van der Waals surface area contributed by atoms with Crippen LogP contribution in [0.5, 0.6) is 0 Å². The highest BCUT2D eigenvalue weighted by Gasteiger charge is 2.21. The van der Waals surface area contributed by atoms with Gasteiger partial charge in [-0.1, -0.05) is 0 Å². The number of amides is 2. The van der Waals surface area contributed by atoms with Crippen molar-refractivity contribution >= 4 is 23.6 Å². The van der Waals surface area contributed by atoms with Gasteiger partial charge in [0.15, 0.2) is 0 Å². The van der Waals surface area contributed by atoms with Gasteiger partial charge in [0.2, 0.25) is 11.8 Å². The Morgan fingerprint density at radius 2 is 1.50 bits per heavy atom. The first kappa shape index (κ1) is 7.54. The van der Waals surface area contributed by atoms with Crippen molar-refractivity contribution in [3.63, 3.8) is 0 Å². The monoisotopic (exact) mass is 161 g/mol. The van der Waals surface area contributed by atoms with Gasteiger partial charge in [-0.05, 0) is 12.8 Å². The van der Waals surface area contributed by atoms with Crippen molar-refractivity contribution in [3.8, 4) is 0 Å². The summed E-state index contributed by atoms with van der Waals surface area (Å²) in [7, 11) is 0. The molecule has 4 heteroatoms. The van der Waals surface area contributed by atoms with E-state index in [4.69, 9.17) is 11.8 Å².